The van der Waals surface area contributed by atoms with Crippen molar-refractivity contribution in [3.05, 3.63) is 35.7 Å². The molecule has 2 N–H and O–H groups in total. The van der Waals surface area contributed by atoms with Crippen LogP contribution >= 0.6 is 0 Å². The van der Waals surface area contributed by atoms with Crippen LogP contribution in [0.1, 0.15) is 36.5 Å². The summed E-state index contributed by atoms with van der Waals surface area (Å²) in [6.45, 7) is 5.11. The smallest absolute Gasteiger partial charge is 0.130 e. The number of hydrogen-bond donors (Lipinski definition) is 1. The van der Waals surface area contributed by atoms with E-state index in [9.17, 15) is 0 Å². The SMILES string of the molecule is CCCn1ccnc1C(N)c1cnn(C)c1C. The molecule has 1 atom stereocenters. The van der Waals surface area contributed by atoms with Gasteiger partial charge in [-0.3, -0.25) is 4.68 Å². The molecule has 5 heteroatoms. The van der Waals surface area contributed by atoms with Crippen LogP contribution in [0, 0.1) is 6.92 Å². The minimum Gasteiger partial charge on any atom is -0.333 e. The van der Waals surface area contributed by atoms with Crippen LogP contribution in [-0.4, -0.2) is 19.3 Å². The average Bonchev–Trinajstić information content (AvgIpc) is 2.88. The lowest BCUT2D eigenvalue weighted by Gasteiger charge is -2.13. The lowest BCUT2D eigenvalue weighted by Crippen LogP contribution is -2.18. The molecule has 0 fully saturated rings. The van der Waals surface area contributed by atoms with Crippen LogP contribution < -0.4 is 5.73 Å². The number of rotatable bonds is 4. The quantitative estimate of drug-likeness (QED) is 0.868. The molecule has 92 valence electrons. The largest absolute Gasteiger partial charge is 0.333 e. The molecule has 1 unspecified atom stereocenters. The van der Waals surface area contributed by atoms with E-state index in [4.69, 9.17) is 5.73 Å². The van der Waals surface area contributed by atoms with E-state index in [0.29, 0.717) is 0 Å². The monoisotopic (exact) mass is 233 g/mol. The highest BCUT2D eigenvalue weighted by molar-refractivity contribution is 5.26. The van der Waals surface area contributed by atoms with Gasteiger partial charge in [-0.25, -0.2) is 4.98 Å². The zero-order valence-electron chi connectivity index (χ0n) is 10.6. The Bertz CT molecular complexity index is 497. The molecule has 0 bridgehead atoms. The van der Waals surface area contributed by atoms with Gasteiger partial charge in [-0.2, -0.15) is 5.10 Å². The first-order valence-electron chi connectivity index (χ1n) is 5.90. The van der Waals surface area contributed by atoms with Crippen molar-refractivity contribution in [3.63, 3.8) is 0 Å². The zero-order valence-corrected chi connectivity index (χ0v) is 10.6. The van der Waals surface area contributed by atoms with E-state index in [1.807, 2.05) is 31.0 Å². The second-order valence-corrected chi connectivity index (χ2v) is 4.27. The van der Waals surface area contributed by atoms with Crippen molar-refractivity contribution in [1.29, 1.82) is 0 Å². The average molecular weight is 233 g/mol. The van der Waals surface area contributed by atoms with Crippen molar-refractivity contribution < 1.29 is 0 Å². The highest BCUT2D eigenvalue weighted by Gasteiger charge is 2.18. The van der Waals surface area contributed by atoms with Gasteiger partial charge in [-0.05, 0) is 13.3 Å². The van der Waals surface area contributed by atoms with Crippen LogP contribution in [-0.2, 0) is 13.6 Å². The summed E-state index contributed by atoms with van der Waals surface area (Å²) in [6.07, 6.45) is 6.67. The number of aryl methyl sites for hydroxylation is 2. The van der Waals surface area contributed by atoms with Gasteiger partial charge < -0.3 is 10.3 Å². The fourth-order valence-corrected chi connectivity index (χ4v) is 1.99. The predicted molar refractivity (Wildman–Crippen MR) is 66.5 cm³/mol. The summed E-state index contributed by atoms with van der Waals surface area (Å²) < 4.78 is 3.94. The van der Waals surface area contributed by atoms with Crippen LogP contribution in [0.5, 0.6) is 0 Å². The Hall–Kier alpha value is -1.62. The van der Waals surface area contributed by atoms with Crippen molar-refractivity contribution in [2.75, 3.05) is 0 Å². The number of imidazole rings is 1. The Morgan fingerprint density at radius 1 is 1.47 bits per heavy atom. The number of nitrogens with zero attached hydrogens (tertiary/aromatic N) is 4. The van der Waals surface area contributed by atoms with Crippen molar-refractivity contribution in [2.24, 2.45) is 12.8 Å². The summed E-state index contributed by atoms with van der Waals surface area (Å²) in [5, 5.41) is 4.22. The van der Waals surface area contributed by atoms with Gasteiger partial charge in [0, 0.05) is 37.2 Å². The Balaban J connectivity index is 2.33. The van der Waals surface area contributed by atoms with Crippen molar-refractivity contribution >= 4 is 0 Å². The standard InChI is InChI=1S/C12H19N5/c1-4-6-17-7-5-14-12(17)11(13)10-8-15-16(3)9(10)2/h5,7-8,11H,4,6,13H2,1-3H3. The molecule has 0 saturated heterocycles. The first-order valence-corrected chi connectivity index (χ1v) is 5.90. The second-order valence-electron chi connectivity index (χ2n) is 4.27. The van der Waals surface area contributed by atoms with Gasteiger partial charge in [0.05, 0.1) is 12.2 Å². The van der Waals surface area contributed by atoms with Crippen LogP contribution in [0.4, 0.5) is 0 Å². The Labute approximate surface area is 101 Å². The molecule has 2 aromatic rings. The fraction of sp³-hybridized carbons (Fsp3) is 0.500. The molecule has 0 saturated carbocycles. The zero-order chi connectivity index (χ0) is 12.4. The van der Waals surface area contributed by atoms with Gasteiger partial charge in [0.2, 0.25) is 0 Å². The van der Waals surface area contributed by atoms with E-state index >= 15 is 0 Å². The molecule has 0 spiro atoms. The predicted octanol–water partition coefficient (Wildman–Crippen LogP) is 1.38. The third-order valence-corrected chi connectivity index (χ3v) is 3.10. The maximum absolute atomic E-state index is 6.27. The summed E-state index contributed by atoms with van der Waals surface area (Å²) in [7, 11) is 1.92. The number of aromatic nitrogens is 4. The maximum Gasteiger partial charge on any atom is 0.130 e. The Kier molecular flexibility index (Phi) is 3.28. The van der Waals surface area contributed by atoms with E-state index < -0.39 is 0 Å². The molecule has 2 aromatic heterocycles. The van der Waals surface area contributed by atoms with E-state index in [1.165, 1.54) is 0 Å². The first kappa shape index (κ1) is 11.9. The third kappa shape index (κ3) is 2.10. The molecule has 0 radical (unpaired) electrons. The number of hydrogen-bond acceptors (Lipinski definition) is 3. The molecule has 0 aliphatic carbocycles. The van der Waals surface area contributed by atoms with Crippen molar-refractivity contribution in [3.8, 4) is 0 Å². The maximum atomic E-state index is 6.27. The van der Waals surface area contributed by atoms with E-state index in [-0.39, 0.29) is 6.04 Å². The summed E-state index contributed by atoms with van der Waals surface area (Å²) in [5.74, 6) is 0.906. The highest BCUT2D eigenvalue weighted by Crippen LogP contribution is 2.20. The van der Waals surface area contributed by atoms with Crippen LogP contribution in [0.3, 0.4) is 0 Å². The van der Waals surface area contributed by atoms with Crippen LogP contribution in [0.25, 0.3) is 0 Å². The van der Waals surface area contributed by atoms with Gasteiger partial charge in [0.1, 0.15) is 5.82 Å². The van der Waals surface area contributed by atoms with E-state index in [0.717, 1.165) is 30.0 Å². The van der Waals surface area contributed by atoms with Gasteiger partial charge in [-0.1, -0.05) is 6.92 Å². The minimum absolute atomic E-state index is 0.203. The van der Waals surface area contributed by atoms with Crippen LogP contribution in [0.15, 0.2) is 18.6 Å². The lowest BCUT2D eigenvalue weighted by atomic mass is 10.1. The molecule has 2 heterocycles. The summed E-state index contributed by atoms with van der Waals surface area (Å²) in [5.41, 5.74) is 8.39. The van der Waals surface area contributed by atoms with Gasteiger partial charge in [-0.15, -0.1) is 0 Å². The molecule has 0 aliphatic rings. The van der Waals surface area contributed by atoms with Gasteiger partial charge in [0.15, 0.2) is 0 Å². The van der Waals surface area contributed by atoms with Crippen LogP contribution in [0.2, 0.25) is 0 Å². The molecule has 17 heavy (non-hydrogen) atoms. The molecular formula is C12H19N5. The normalized spacial score (nSPS) is 12.9. The van der Waals surface area contributed by atoms with Crippen molar-refractivity contribution in [2.45, 2.75) is 32.9 Å². The summed E-state index contributed by atoms with van der Waals surface area (Å²) in [4.78, 5) is 4.36. The molecule has 2 rings (SSSR count). The van der Waals surface area contributed by atoms with E-state index in [2.05, 4.69) is 21.6 Å². The molecule has 5 nitrogen and oxygen atoms in total. The van der Waals surface area contributed by atoms with E-state index in [1.54, 1.807) is 6.20 Å². The summed E-state index contributed by atoms with van der Waals surface area (Å²) >= 11 is 0. The molecule has 0 amide bonds. The fourth-order valence-electron chi connectivity index (χ4n) is 1.99. The summed E-state index contributed by atoms with van der Waals surface area (Å²) in [6, 6.07) is -0.203. The minimum atomic E-state index is -0.203. The lowest BCUT2D eigenvalue weighted by molar-refractivity contribution is 0.611. The second kappa shape index (κ2) is 4.71. The highest BCUT2D eigenvalue weighted by atomic mass is 15.3. The molecular weight excluding hydrogens is 214 g/mol. The topological polar surface area (TPSA) is 61.7 Å². The molecule has 0 aromatic carbocycles. The number of nitrogens with two attached hydrogens (primary N) is 1. The first-order chi connectivity index (χ1) is 8.15. The Morgan fingerprint density at radius 3 is 2.82 bits per heavy atom. The van der Waals surface area contributed by atoms with Crippen molar-refractivity contribution in [1.82, 2.24) is 19.3 Å². The Morgan fingerprint density at radius 2 is 2.24 bits per heavy atom. The third-order valence-electron chi connectivity index (χ3n) is 3.10. The van der Waals surface area contributed by atoms with Gasteiger partial charge >= 0.3 is 0 Å². The molecule has 0 aliphatic heterocycles. The van der Waals surface area contributed by atoms with Gasteiger partial charge in [0.25, 0.3) is 0 Å².